The van der Waals surface area contributed by atoms with Crippen molar-refractivity contribution in [3.63, 3.8) is 0 Å². The van der Waals surface area contributed by atoms with Gasteiger partial charge in [-0.3, -0.25) is 9.80 Å². The molecule has 0 bridgehead atoms. The van der Waals surface area contributed by atoms with E-state index in [9.17, 15) is 8.78 Å². The average molecular weight is 865 g/mol. The lowest BCUT2D eigenvalue weighted by Crippen LogP contribution is -2.47. The van der Waals surface area contributed by atoms with Gasteiger partial charge >= 0.3 is 0 Å². The van der Waals surface area contributed by atoms with Gasteiger partial charge in [-0.05, 0) is 96.4 Å². The highest BCUT2D eigenvalue weighted by atomic mass is 19.1. The largest absolute Gasteiger partial charge is 0.367 e. The zero-order valence-corrected chi connectivity index (χ0v) is 37.4. The first-order valence-corrected chi connectivity index (χ1v) is 23.4. The van der Waals surface area contributed by atoms with Gasteiger partial charge in [-0.1, -0.05) is 146 Å². The van der Waals surface area contributed by atoms with Crippen LogP contribution in [0, 0.1) is 11.6 Å². The number of aryl methyl sites for hydroxylation is 2. The number of halogens is 2. The van der Waals surface area contributed by atoms with E-state index < -0.39 is 0 Å². The highest BCUT2D eigenvalue weighted by molar-refractivity contribution is 5.31. The first-order chi connectivity index (χ1) is 31.6. The molecule has 2 aliphatic rings. The summed E-state index contributed by atoms with van der Waals surface area (Å²) in [6, 6.07) is 55.3. The van der Waals surface area contributed by atoms with E-state index in [1.54, 1.807) is 24.3 Å². The Labute approximate surface area is 381 Å². The van der Waals surface area contributed by atoms with Crippen molar-refractivity contribution in [1.29, 1.82) is 0 Å². The summed E-state index contributed by atoms with van der Waals surface area (Å²) in [7, 11) is 0. The van der Waals surface area contributed by atoms with Crippen LogP contribution in [0.4, 0.5) is 8.78 Å². The molecular weight excluding hydrogens is 799 g/mol. The summed E-state index contributed by atoms with van der Waals surface area (Å²) in [5, 5.41) is 0. The van der Waals surface area contributed by atoms with Crippen molar-refractivity contribution in [1.82, 2.24) is 19.6 Å². The molecule has 2 heterocycles. The summed E-state index contributed by atoms with van der Waals surface area (Å²) in [5.74, 6) is -0.559. The zero-order valence-electron chi connectivity index (χ0n) is 37.4. The third-order valence-corrected chi connectivity index (χ3v) is 12.4. The first-order valence-electron chi connectivity index (χ1n) is 23.4. The molecule has 6 nitrogen and oxygen atoms in total. The van der Waals surface area contributed by atoms with Gasteiger partial charge in [0.15, 0.2) is 0 Å². The molecule has 6 aromatic rings. The Morgan fingerprint density at radius 3 is 0.953 bits per heavy atom. The monoisotopic (exact) mass is 865 g/mol. The second-order valence-electron chi connectivity index (χ2n) is 17.0. The summed E-state index contributed by atoms with van der Waals surface area (Å²) in [6.45, 7) is 14.3. The van der Waals surface area contributed by atoms with Crippen LogP contribution in [0.3, 0.4) is 0 Å². The van der Waals surface area contributed by atoms with E-state index in [0.717, 1.165) is 96.1 Å². The molecule has 0 amide bonds. The topological polar surface area (TPSA) is 31.4 Å². The van der Waals surface area contributed by atoms with Gasteiger partial charge in [0, 0.05) is 65.4 Å². The molecule has 0 spiro atoms. The Hall–Kier alpha value is -5.06. The molecule has 8 rings (SSSR count). The summed E-state index contributed by atoms with van der Waals surface area (Å²) < 4.78 is 39.4. The Morgan fingerprint density at radius 1 is 0.344 bits per heavy atom. The van der Waals surface area contributed by atoms with Crippen molar-refractivity contribution in [3.05, 3.63) is 215 Å². The van der Waals surface area contributed by atoms with Crippen molar-refractivity contribution in [2.24, 2.45) is 0 Å². The van der Waals surface area contributed by atoms with Crippen LogP contribution in [0.25, 0.3) is 0 Å². The average Bonchev–Trinajstić information content (AvgIpc) is 3.35. The van der Waals surface area contributed by atoms with Crippen molar-refractivity contribution in [2.45, 2.75) is 37.9 Å². The highest BCUT2D eigenvalue weighted by Crippen LogP contribution is 2.28. The molecule has 336 valence electrons. The quantitative estimate of drug-likeness (QED) is 0.0760. The van der Waals surface area contributed by atoms with Crippen LogP contribution < -0.4 is 0 Å². The van der Waals surface area contributed by atoms with E-state index in [-0.39, 0.29) is 23.8 Å². The lowest BCUT2D eigenvalue weighted by atomic mass is 10.0. The Bertz CT molecular complexity index is 2050. The zero-order chi connectivity index (χ0) is 44.0. The number of piperazine rings is 2. The van der Waals surface area contributed by atoms with Crippen LogP contribution in [0.1, 0.15) is 58.4 Å². The number of rotatable bonds is 20. The van der Waals surface area contributed by atoms with E-state index in [1.165, 1.54) is 72.3 Å². The molecular formula is C56H66F2N4O2. The number of hydrogen-bond donors (Lipinski definition) is 0. The third kappa shape index (κ3) is 15.6. The molecule has 0 radical (unpaired) electrons. The van der Waals surface area contributed by atoms with E-state index in [1.807, 2.05) is 0 Å². The number of nitrogens with zero attached hydrogens (tertiary/aromatic N) is 4. The Balaban J connectivity index is 0.000000192. The van der Waals surface area contributed by atoms with E-state index >= 15 is 0 Å². The molecule has 0 aromatic heterocycles. The minimum absolute atomic E-state index is 0.00155. The van der Waals surface area contributed by atoms with E-state index in [4.69, 9.17) is 9.47 Å². The second-order valence-corrected chi connectivity index (χ2v) is 17.0. The minimum Gasteiger partial charge on any atom is -0.367 e. The van der Waals surface area contributed by atoms with Crippen LogP contribution in [0.2, 0.25) is 0 Å². The Kier molecular flexibility index (Phi) is 19.1. The van der Waals surface area contributed by atoms with Gasteiger partial charge in [-0.2, -0.15) is 0 Å². The van der Waals surface area contributed by atoms with E-state index in [0.29, 0.717) is 6.61 Å². The number of benzene rings is 6. The standard InChI is InChI=1S/C28H32F2N2O.C28H34N2O/c29-26-12-8-24(9-13-26)28(25-10-14-27(30)15-11-25)33-22-21-32-19-17-31(18-20-32)16-4-7-23-5-2-1-3-6-23;1-4-11-25(12-5-1)13-10-18-29-19-21-30(22-20-29)23-24-31-28(26-14-6-2-7-15-26)27-16-8-3-9-17-27/h1-3,5-6,8-15,28H,4,7,16-22H2;1-9,11-12,14-17,28H,10,13,18-24H2. The first kappa shape index (κ1) is 46.9. The summed E-state index contributed by atoms with van der Waals surface area (Å²) in [6.07, 6.45) is 4.39. The van der Waals surface area contributed by atoms with Gasteiger partial charge in [0.25, 0.3) is 0 Å². The number of ether oxygens (including phenoxy) is 2. The summed E-state index contributed by atoms with van der Waals surface area (Å²) in [5.41, 5.74) is 7.03. The molecule has 0 N–H and O–H groups in total. The molecule has 2 saturated heterocycles. The fraction of sp³-hybridized carbons (Fsp3) is 0.357. The predicted octanol–water partition coefficient (Wildman–Crippen LogP) is 10.4. The van der Waals surface area contributed by atoms with Crippen molar-refractivity contribution in [3.8, 4) is 0 Å². The fourth-order valence-electron chi connectivity index (χ4n) is 8.68. The molecule has 0 atom stereocenters. The molecule has 6 aromatic carbocycles. The normalized spacial score (nSPS) is 15.3. The van der Waals surface area contributed by atoms with Crippen LogP contribution in [0.15, 0.2) is 170 Å². The van der Waals surface area contributed by atoms with Gasteiger partial charge in [0.05, 0.1) is 13.2 Å². The van der Waals surface area contributed by atoms with Crippen LogP contribution in [-0.4, -0.2) is 111 Å². The molecule has 64 heavy (non-hydrogen) atoms. The molecule has 2 aliphatic heterocycles. The van der Waals surface area contributed by atoms with Gasteiger partial charge in [-0.15, -0.1) is 0 Å². The van der Waals surface area contributed by atoms with Gasteiger partial charge in [0.2, 0.25) is 0 Å². The van der Waals surface area contributed by atoms with Crippen molar-refractivity contribution < 1.29 is 18.3 Å². The third-order valence-electron chi connectivity index (χ3n) is 12.4. The Morgan fingerprint density at radius 2 is 0.625 bits per heavy atom. The van der Waals surface area contributed by atoms with Crippen LogP contribution in [-0.2, 0) is 22.3 Å². The molecule has 0 aliphatic carbocycles. The van der Waals surface area contributed by atoms with Crippen LogP contribution >= 0.6 is 0 Å². The number of hydrogen-bond acceptors (Lipinski definition) is 6. The van der Waals surface area contributed by atoms with Crippen molar-refractivity contribution >= 4 is 0 Å². The molecule has 8 heteroatoms. The predicted molar refractivity (Wildman–Crippen MR) is 257 cm³/mol. The summed E-state index contributed by atoms with van der Waals surface area (Å²) >= 11 is 0. The van der Waals surface area contributed by atoms with Gasteiger partial charge in [0.1, 0.15) is 23.8 Å². The fourth-order valence-corrected chi connectivity index (χ4v) is 8.68. The van der Waals surface area contributed by atoms with Gasteiger partial charge in [-0.25, -0.2) is 8.78 Å². The minimum atomic E-state index is -0.342. The van der Waals surface area contributed by atoms with Crippen LogP contribution in [0.5, 0.6) is 0 Å². The molecule has 0 saturated carbocycles. The molecule has 0 unspecified atom stereocenters. The lowest BCUT2D eigenvalue weighted by molar-refractivity contribution is 0.0451. The second kappa shape index (κ2) is 26.0. The molecule has 2 fully saturated rings. The maximum atomic E-state index is 13.4. The highest BCUT2D eigenvalue weighted by Gasteiger charge is 2.21. The van der Waals surface area contributed by atoms with Gasteiger partial charge < -0.3 is 19.3 Å². The van der Waals surface area contributed by atoms with Crippen molar-refractivity contribution in [2.75, 3.05) is 91.8 Å². The smallest absolute Gasteiger partial charge is 0.123 e. The maximum Gasteiger partial charge on any atom is 0.123 e. The maximum absolute atomic E-state index is 13.4. The summed E-state index contributed by atoms with van der Waals surface area (Å²) in [4.78, 5) is 10.1. The lowest BCUT2D eigenvalue weighted by Gasteiger charge is -2.35. The van der Waals surface area contributed by atoms with E-state index in [2.05, 4.69) is 141 Å². The SMILES string of the molecule is Fc1ccc(C(OCCN2CCN(CCCc3ccccc3)CC2)c2ccc(F)cc2)cc1.c1ccc(CCCN2CCN(CCOC(c3ccccc3)c3ccccc3)CC2)cc1.